The van der Waals surface area contributed by atoms with Crippen LogP contribution in [0.3, 0.4) is 0 Å². The van der Waals surface area contributed by atoms with Crippen molar-refractivity contribution in [3.05, 3.63) is 30.0 Å². The zero-order valence-electron chi connectivity index (χ0n) is 8.25. The van der Waals surface area contributed by atoms with Crippen LogP contribution in [0.1, 0.15) is 10.5 Å². The van der Waals surface area contributed by atoms with E-state index >= 15 is 0 Å². The average molecular weight is 222 g/mol. The van der Waals surface area contributed by atoms with Crippen molar-refractivity contribution < 1.29 is 14.3 Å². The van der Waals surface area contributed by atoms with E-state index in [1.165, 1.54) is 19.4 Å². The Kier molecular flexibility index (Phi) is 2.35. The minimum Gasteiger partial charge on any atom is -0.476 e. The van der Waals surface area contributed by atoms with Gasteiger partial charge in [0.05, 0.1) is 0 Å². The lowest BCUT2D eigenvalue weighted by molar-refractivity contribution is 0.0680. The van der Waals surface area contributed by atoms with Gasteiger partial charge in [-0.2, -0.15) is 5.10 Å². The van der Waals surface area contributed by atoms with Crippen molar-refractivity contribution in [1.82, 2.24) is 19.7 Å². The fourth-order valence-electron chi connectivity index (χ4n) is 1.29. The van der Waals surface area contributed by atoms with E-state index in [1.54, 1.807) is 6.07 Å². The number of halogens is 1. The minimum atomic E-state index is -1.38. The first kappa shape index (κ1) is 10.2. The van der Waals surface area contributed by atoms with Crippen LogP contribution >= 0.6 is 0 Å². The molecule has 2 aromatic heterocycles. The van der Waals surface area contributed by atoms with Crippen LogP contribution < -0.4 is 0 Å². The molecular weight excluding hydrogens is 215 g/mol. The zero-order chi connectivity index (χ0) is 11.7. The van der Waals surface area contributed by atoms with Crippen molar-refractivity contribution in [2.75, 3.05) is 0 Å². The first-order chi connectivity index (χ1) is 7.61. The van der Waals surface area contributed by atoms with Crippen molar-refractivity contribution >= 4 is 5.97 Å². The molecule has 0 aromatic carbocycles. The molecule has 0 fully saturated rings. The Balaban J connectivity index is 2.61. The molecule has 0 saturated carbocycles. The fraction of sp³-hybridized carbons (Fsp3) is 0.111. The van der Waals surface area contributed by atoms with E-state index in [2.05, 4.69) is 15.1 Å². The smallest absolute Gasteiger partial charge is 0.357 e. The third-order valence-corrected chi connectivity index (χ3v) is 1.97. The Morgan fingerprint density at radius 2 is 2.06 bits per heavy atom. The lowest BCUT2D eigenvalue weighted by Gasteiger charge is -1.92. The Hall–Kier alpha value is -2.31. The molecule has 0 aliphatic rings. The first-order valence-corrected chi connectivity index (χ1v) is 4.34. The second-order valence-electron chi connectivity index (χ2n) is 3.01. The van der Waals surface area contributed by atoms with E-state index in [-0.39, 0.29) is 11.5 Å². The van der Waals surface area contributed by atoms with Gasteiger partial charge in [0.15, 0.2) is 23.0 Å². The quantitative estimate of drug-likeness (QED) is 0.809. The number of carboxylic acids is 1. The zero-order valence-corrected chi connectivity index (χ0v) is 8.25. The third kappa shape index (κ3) is 1.52. The van der Waals surface area contributed by atoms with E-state index in [0.29, 0.717) is 0 Å². The molecule has 0 bridgehead atoms. The maximum atomic E-state index is 13.7. The molecule has 82 valence electrons. The first-order valence-electron chi connectivity index (χ1n) is 4.34. The largest absolute Gasteiger partial charge is 0.476 e. The summed E-state index contributed by atoms with van der Waals surface area (Å²) in [6.45, 7) is 0. The third-order valence-electron chi connectivity index (χ3n) is 1.97. The number of aromatic carboxylic acids is 1. The molecule has 2 heterocycles. The van der Waals surface area contributed by atoms with Gasteiger partial charge in [0.1, 0.15) is 0 Å². The normalized spacial score (nSPS) is 10.4. The number of hydrogen-bond donors (Lipinski definition) is 1. The summed E-state index contributed by atoms with van der Waals surface area (Å²) in [5.41, 5.74) is -0.678. The highest BCUT2D eigenvalue weighted by atomic mass is 19.1. The van der Waals surface area contributed by atoms with Crippen LogP contribution in [0.5, 0.6) is 0 Å². The van der Waals surface area contributed by atoms with Crippen molar-refractivity contribution in [3.8, 4) is 11.5 Å². The van der Waals surface area contributed by atoms with E-state index in [0.717, 1.165) is 4.68 Å². The molecule has 0 atom stereocenters. The Bertz CT molecular complexity index is 538. The topological polar surface area (TPSA) is 80.9 Å². The molecule has 0 aliphatic heterocycles. The molecule has 7 heteroatoms. The van der Waals surface area contributed by atoms with Gasteiger partial charge in [-0.15, -0.1) is 0 Å². The highest BCUT2D eigenvalue weighted by Gasteiger charge is 2.23. The average Bonchev–Trinajstić information content (AvgIpc) is 2.55. The van der Waals surface area contributed by atoms with Crippen LogP contribution in [0.25, 0.3) is 11.5 Å². The molecule has 16 heavy (non-hydrogen) atoms. The van der Waals surface area contributed by atoms with Crippen molar-refractivity contribution in [2.45, 2.75) is 0 Å². The molecule has 0 saturated heterocycles. The van der Waals surface area contributed by atoms with E-state index < -0.39 is 17.5 Å². The maximum Gasteiger partial charge on any atom is 0.357 e. The van der Waals surface area contributed by atoms with Gasteiger partial charge >= 0.3 is 5.97 Å². The second kappa shape index (κ2) is 3.69. The number of aryl methyl sites for hydroxylation is 1. The Morgan fingerprint density at radius 3 is 2.56 bits per heavy atom. The van der Waals surface area contributed by atoms with Crippen LogP contribution in [-0.4, -0.2) is 30.8 Å². The molecule has 6 nitrogen and oxygen atoms in total. The second-order valence-corrected chi connectivity index (χ2v) is 3.01. The Morgan fingerprint density at radius 1 is 1.44 bits per heavy atom. The van der Waals surface area contributed by atoms with E-state index in [4.69, 9.17) is 5.11 Å². The van der Waals surface area contributed by atoms with Crippen molar-refractivity contribution in [2.24, 2.45) is 7.05 Å². The molecule has 2 aromatic rings. The van der Waals surface area contributed by atoms with E-state index in [9.17, 15) is 9.18 Å². The van der Waals surface area contributed by atoms with Gasteiger partial charge in [0, 0.05) is 19.4 Å². The summed E-state index contributed by atoms with van der Waals surface area (Å²) >= 11 is 0. The number of aromatic nitrogens is 4. The number of carboxylic acid groups (broad SMARTS) is 1. The maximum absolute atomic E-state index is 13.7. The molecule has 0 radical (unpaired) electrons. The molecular formula is C9H7FN4O2. The standard InChI is InChI=1S/C9H7FN4O2/c1-14-7(9(15)16)5(10)6(13-14)8-11-3-2-4-12-8/h2-4H,1H3,(H,15,16). The predicted octanol–water partition coefficient (Wildman–Crippen LogP) is 0.714. The molecule has 2 rings (SSSR count). The molecule has 0 aliphatic carbocycles. The van der Waals surface area contributed by atoms with Crippen LogP contribution in [0.2, 0.25) is 0 Å². The number of carbonyl (C=O) groups is 1. The minimum absolute atomic E-state index is 0.0584. The van der Waals surface area contributed by atoms with Gasteiger partial charge in [0.25, 0.3) is 0 Å². The number of hydrogen-bond acceptors (Lipinski definition) is 4. The lowest BCUT2D eigenvalue weighted by Crippen LogP contribution is -2.06. The monoisotopic (exact) mass is 222 g/mol. The number of rotatable bonds is 2. The van der Waals surface area contributed by atoms with Crippen molar-refractivity contribution in [1.29, 1.82) is 0 Å². The SMILES string of the molecule is Cn1nc(-c2ncccn2)c(F)c1C(=O)O. The van der Waals surface area contributed by atoms with Crippen LogP contribution in [0, 0.1) is 5.82 Å². The summed E-state index contributed by atoms with van der Waals surface area (Å²) in [4.78, 5) is 18.4. The summed E-state index contributed by atoms with van der Waals surface area (Å²) in [6, 6.07) is 1.57. The van der Waals surface area contributed by atoms with Gasteiger partial charge in [-0.3, -0.25) is 4.68 Å². The van der Waals surface area contributed by atoms with E-state index in [1.807, 2.05) is 0 Å². The number of nitrogens with zero attached hydrogens (tertiary/aromatic N) is 4. The molecule has 0 spiro atoms. The predicted molar refractivity (Wildman–Crippen MR) is 51.2 cm³/mol. The van der Waals surface area contributed by atoms with Gasteiger partial charge in [-0.05, 0) is 6.07 Å². The van der Waals surface area contributed by atoms with Gasteiger partial charge in [-0.1, -0.05) is 0 Å². The molecule has 0 amide bonds. The van der Waals surface area contributed by atoms with Gasteiger partial charge < -0.3 is 5.11 Å². The highest BCUT2D eigenvalue weighted by molar-refractivity contribution is 5.87. The van der Waals surface area contributed by atoms with Crippen LogP contribution in [-0.2, 0) is 7.05 Å². The van der Waals surface area contributed by atoms with Crippen molar-refractivity contribution in [3.63, 3.8) is 0 Å². The highest BCUT2D eigenvalue weighted by Crippen LogP contribution is 2.19. The van der Waals surface area contributed by atoms with Gasteiger partial charge in [-0.25, -0.2) is 19.2 Å². The summed E-state index contributed by atoms with van der Waals surface area (Å²) < 4.78 is 14.6. The summed E-state index contributed by atoms with van der Waals surface area (Å²) in [5.74, 6) is -2.25. The Labute approximate surface area is 89.4 Å². The lowest BCUT2D eigenvalue weighted by atomic mass is 10.3. The van der Waals surface area contributed by atoms with Crippen LogP contribution in [0.15, 0.2) is 18.5 Å². The molecule has 0 unspecified atom stereocenters. The fourth-order valence-corrected chi connectivity index (χ4v) is 1.29. The summed E-state index contributed by atoms with van der Waals surface area (Å²) in [7, 11) is 1.35. The summed E-state index contributed by atoms with van der Waals surface area (Å²) in [5, 5.41) is 12.5. The molecule has 1 N–H and O–H groups in total. The van der Waals surface area contributed by atoms with Gasteiger partial charge in [0.2, 0.25) is 0 Å². The van der Waals surface area contributed by atoms with Crippen LogP contribution in [0.4, 0.5) is 4.39 Å². The summed E-state index contributed by atoms with van der Waals surface area (Å²) in [6.07, 6.45) is 2.85.